The number of aromatic nitrogens is 4. The topological polar surface area (TPSA) is 55.6 Å². The summed E-state index contributed by atoms with van der Waals surface area (Å²) in [5.74, 6) is 0. The number of hydrogen-bond donors (Lipinski definition) is 1. The molecule has 0 fully saturated rings. The largest absolute Gasteiger partial charge is 0.305 e. The Morgan fingerprint density at radius 2 is 2.16 bits per heavy atom. The first-order valence-corrected chi connectivity index (χ1v) is 6.63. The average molecular weight is 259 g/mol. The lowest BCUT2D eigenvalue weighted by Gasteiger charge is -2.29. The van der Waals surface area contributed by atoms with E-state index in [2.05, 4.69) is 60.7 Å². The molecule has 5 nitrogen and oxygen atoms in total. The Balaban J connectivity index is 2.19. The minimum Gasteiger partial charge on any atom is -0.305 e. The highest BCUT2D eigenvalue weighted by molar-refractivity contribution is 5.35. The first-order valence-electron chi connectivity index (χ1n) is 6.63. The monoisotopic (exact) mass is 259 g/mol. The number of benzene rings is 1. The Bertz CT molecular complexity index is 518. The van der Waals surface area contributed by atoms with E-state index in [0.29, 0.717) is 0 Å². The van der Waals surface area contributed by atoms with Crippen LogP contribution >= 0.6 is 0 Å². The van der Waals surface area contributed by atoms with Crippen molar-refractivity contribution >= 4 is 0 Å². The van der Waals surface area contributed by atoms with Gasteiger partial charge in [-0.15, -0.1) is 5.10 Å². The van der Waals surface area contributed by atoms with Gasteiger partial charge in [-0.2, -0.15) is 0 Å². The molecule has 1 unspecified atom stereocenters. The van der Waals surface area contributed by atoms with E-state index in [4.69, 9.17) is 0 Å². The van der Waals surface area contributed by atoms with Gasteiger partial charge in [-0.1, -0.05) is 19.1 Å². The van der Waals surface area contributed by atoms with Gasteiger partial charge in [0.1, 0.15) is 6.33 Å². The smallest absolute Gasteiger partial charge is 0.143 e. The van der Waals surface area contributed by atoms with Gasteiger partial charge in [0.25, 0.3) is 0 Å². The van der Waals surface area contributed by atoms with Crippen molar-refractivity contribution in [3.8, 4) is 5.69 Å². The second kappa shape index (κ2) is 5.48. The molecule has 0 radical (unpaired) electrons. The van der Waals surface area contributed by atoms with Crippen molar-refractivity contribution in [3.63, 3.8) is 0 Å². The average Bonchev–Trinajstić information content (AvgIpc) is 2.92. The lowest BCUT2D eigenvalue weighted by Crippen LogP contribution is -2.40. The molecule has 2 rings (SSSR count). The number of rotatable bonds is 5. The van der Waals surface area contributed by atoms with Gasteiger partial charge in [-0.3, -0.25) is 0 Å². The lowest BCUT2D eigenvalue weighted by molar-refractivity contribution is 0.337. The molecule has 0 spiro atoms. The van der Waals surface area contributed by atoms with Crippen LogP contribution in [0.3, 0.4) is 0 Å². The van der Waals surface area contributed by atoms with E-state index in [1.165, 1.54) is 5.56 Å². The fourth-order valence-corrected chi connectivity index (χ4v) is 1.99. The predicted octanol–water partition coefficient (Wildman–Crippen LogP) is 2.50. The number of nitrogens with zero attached hydrogens (tertiary/aromatic N) is 4. The number of nitrogens with one attached hydrogen (secondary N) is 1. The van der Waals surface area contributed by atoms with Crippen LogP contribution < -0.4 is 5.32 Å². The maximum atomic E-state index is 3.91. The van der Waals surface area contributed by atoms with Gasteiger partial charge in [-0.25, -0.2) is 4.68 Å². The Morgan fingerprint density at radius 1 is 1.37 bits per heavy atom. The predicted molar refractivity (Wildman–Crippen MR) is 75.1 cm³/mol. The molecule has 0 amide bonds. The summed E-state index contributed by atoms with van der Waals surface area (Å²) in [4.78, 5) is 0. The molecule has 2 aromatic rings. The SMILES string of the molecule is CCC(C)(C)NC(C)c1cccc(-n2cnnn2)c1. The lowest BCUT2D eigenvalue weighted by atomic mass is 9.98. The maximum Gasteiger partial charge on any atom is 0.143 e. The Labute approximate surface area is 114 Å². The zero-order valence-corrected chi connectivity index (χ0v) is 12.0. The summed E-state index contributed by atoms with van der Waals surface area (Å²) in [6.07, 6.45) is 2.69. The van der Waals surface area contributed by atoms with Crippen LogP contribution in [0, 0.1) is 0 Å². The van der Waals surface area contributed by atoms with Crippen molar-refractivity contribution in [1.82, 2.24) is 25.5 Å². The first-order chi connectivity index (χ1) is 9.02. The summed E-state index contributed by atoms with van der Waals surface area (Å²) >= 11 is 0. The molecule has 1 N–H and O–H groups in total. The summed E-state index contributed by atoms with van der Waals surface area (Å²) in [6, 6.07) is 8.55. The third-order valence-electron chi connectivity index (χ3n) is 3.47. The van der Waals surface area contributed by atoms with Gasteiger partial charge in [0.2, 0.25) is 0 Å². The summed E-state index contributed by atoms with van der Waals surface area (Å²) in [5, 5.41) is 14.9. The fourth-order valence-electron chi connectivity index (χ4n) is 1.99. The Hall–Kier alpha value is -1.75. The minimum absolute atomic E-state index is 0.129. The van der Waals surface area contributed by atoms with Crippen LogP contribution in [0.1, 0.15) is 45.7 Å². The van der Waals surface area contributed by atoms with Crippen LogP contribution in [-0.2, 0) is 0 Å². The van der Waals surface area contributed by atoms with Gasteiger partial charge in [0.15, 0.2) is 0 Å². The van der Waals surface area contributed by atoms with E-state index in [-0.39, 0.29) is 11.6 Å². The summed E-state index contributed by atoms with van der Waals surface area (Å²) < 4.78 is 1.67. The van der Waals surface area contributed by atoms with Crippen LogP contribution in [0.2, 0.25) is 0 Å². The van der Waals surface area contributed by atoms with Crippen LogP contribution in [0.4, 0.5) is 0 Å². The summed E-state index contributed by atoms with van der Waals surface area (Å²) in [7, 11) is 0. The van der Waals surface area contributed by atoms with Crippen LogP contribution in [0.25, 0.3) is 5.69 Å². The zero-order chi connectivity index (χ0) is 13.9. The second-order valence-corrected chi connectivity index (χ2v) is 5.45. The molecule has 1 heterocycles. The molecule has 0 aliphatic heterocycles. The first kappa shape index (κ1) is 13.7. The molecule has 5 heteroatoms. The Morgan fingerprint density at radius 3 is 2.79 bits per heavy atom. The van der Waals surface area contributed by atoms with Crippen molar-refractivity contribution in [2.75, 3.05) is 0 Å². The highest BCUT2D eigenvalue weighted by atomic mass is 15.5. The van der Waals surface area contributed by atoms with Crippen LogP contribution in [0.15, 0.2) is 30.6 Å². The molecule has 1 aromatic carbocycles. The van der Waals surface area contributed by atoms with Gasteiger partial charge in [0, 0.05) is 11.6 Å². The van der Waals surface area contributed by atoms with Gasteiger partial charge >= 0.3 is 0 Å². The standard InChI is InChI=1S/C14H21N5/c1-5-14(3,4)16-11(2)12-7-6-8-13(9-12)19-10-15-17-18-19/h6-11,16H,5H2,1-4H3. The molecule has 0 saturated carbocycles. The van der Waals surface area contributed by atoms with E-state index in [9.17, 15) is 0 Å². The van der Waals surface area contributed by atoms with Crippen molar-refractivity contribution in [2.24, 2.45) is 0 Å². The summed E-state index contributed by atoms with van der Waals surface area (Å²) in [6.45, 7) is 8.80. The highest BCUT2D eigenvalue weighted by Crippen LogP contribution is 2.20. The molecular formula is C14H21N5. The molecule has 0 bridgehead atoms. The zero-order valence-electron chi connectivity index (χ0n) is 12.0. The fraction of sp³-hybridized carbons (Fsp3) is 0.500. The molecular weight excluding hydrogens is 238 g/mol. The molecule has 0 aliphatic rings. The van der Waals surface area contributed by atoms with E-state index < -0.39 is 0 Å². The molecule has 0 saturated heterocycles. The van der Waals surface area contributed by atoms with E-state index in [1.807, 2.05) is 12.1 Å². The summed E-state index contributed by atoms with van der Waals surface area (Å²) in [5.41, 5.74) is 2.34. The quantitative estimate of drug-likeness (QED) is 0.896. The van der Waals surface area contributed by atoms with Crippen molar-refractivity contribution in [1.29, 1.82) is 0 Å². The van der Waals surface area contributed by atoms with Crippen molar-refractivity contribution in [2.45, 2.75) is 45.7 Å². The molecule has 1 atom stereocenters. The molecule has 102 valence electrons. The van der Waals surface area contributed by atoms with Crippen molar-refractivity contribution < 1.29 is 0 Å². The highest BCUT2D eigenvalue weighted by Gasteiger charge is 2.18. The molecule has 0 aliphatic carbocycles. The van der Waals surface area contributed by atoms with E-state index in [0.717, 1.165) is 12.1 Å². The van der Waals surface area contributed by atoms with E-state index in [1.54, 1.807) is 11.0 Å². The van der Waals surface area contributed by atoms with Gasteiger partial charge < -0.3 is 5.32 Å². The van der Waals surface area contributed by atoms with Crippen LogP contribution in [0.5, 0.6) is 0 Å². The normalized spacial score (nSPS) is 13.5. The minimum atomic E-state index is 0.129. The number of tetrazole rings is 1. The second-order valence-electron chi connectivity index (χ2n) is 5.45. The van der Waals surface area contributed by atoms with E-state index >= 15 is 0 Å². The molecule has 1 aromatic heterocycles. The van der Waals surface area contributed by atoms with Crippen molar-refractivity contribution in [3.05, 3.63) is 36.2 Å². The Kier molecular flexibility index (Phi) is 3.95. The molecule has 19 heavy (non-hydrogen) atoms. The number of hydrogen-bond acceptors (Lipinski definition) is 4. The third-order valence-corrected chi connectivity index (χ3v) is 3.47. The maximum absolute atomic E-state index is 3.91. The van der Waals surface area contributed by atoms with Crippen LogP contribution in [-0.4, -0.2) is 25.7 Å². The third kappa shape index (κ3) is 3.38. The van der Waals surface area contributed by atoms with Gasteiger partial charge in [0.05, 0.1) is 5.69 Å². The van der Waals surface area contributed by atoms with Gasteiger partial charge in [-0.05, 0) is 55.3 Å².